The van der Waals surface area contributed by atoms with Crippen molar-refractivity contribution in [2.75, 3.05) is 43.9 Å². The van der Waals surface area contributed by atoms with Crippen molar-refractivity contribution in [1.82, 2.24) is 14.5 Å². The van der Waals surface area contributed by atoms with Crippen LogP contribution < -0.4 is 10.9 Å². The average molecular weight is 513 g/mol. The molecule has 1 fully saturated rings. The van der Waals surface area contributed by atoms with Gasteiger partial charge in [0.25, 0.3) is 5.56 Å². The number of anilines is 1. The van der Waals surface area contributed by atoms with Crippen molar-refractivity contribution in [3.8, 4) is 0 Å². The van der Waals surface area contributed by atoms with Crippen LogP contribution in [0.25, 0.3) is 20.3 Å². The van der Waals surface area contributed by atoms with Crippen LogP contribution >= 0.6 is 23.1 Å². The summed E-state index contributed by atoms with van der Waals surface area (Å²) in [6.45, 7) is 4.66. The second-order valence-electron chi connectivity index (χ2n) is 8.28. The Labute approximate surface area is 209 Å². The van der Waals surface area contributed by atoms with Crippen LogP contribution in [0.15, 0.2) is 58.5 Å². The molecule has 182 valence electrons. The topological polar surface area (TPSA) is 76.5 Å². The smallest absolute Gasteiger partial charge is 0.272 e. The summed E-state index contributed by atoms with van der Waals surface area (Å²) in [7, 11) is 0. The fourth-order valence-electron chi connectivity index (χ4n) is 4.10. The van der Waals surface area contributed by atoms with Crippen LogP contribution in [-0.4, -0.2) is 59.0 Å². The zero-order valence-electron chi connectivity index (χ0n) is 19.0. The summed E-state index contributed by atoms with van der Waals surface area (Å²) >= 11 is 2.70. The number of rotatable bonds is 8. The van der Waals surface area contributed by atoms with Crippen LogP contribution in [0, 0.1) is 5.82 Å². The molecular weight excluding hydrogens is 487 g/mol. The van der Waals surface area contributed by atoms with E-state index in [2.05, 4.69) is 10.2 Å². The first-order chi connectivity index (χ1) is 17.1. The lowest BCUT2D eigenvalue weighted by Crippen LogP contribution is -2.37. The number of nitrogens with zero attached hydrogens (tertiary/aromatic N) is 3. The number of fused-ring (bicyclic) bond motifs is 3. The second-order valence-corrected chi connectivity index (χ2v) is 10.3. The quantitative estimate of drug-likeness (QED) is 0.282. The standard InChI is InChI=1S/C25H25FN4O3S2/c26-17-6-8-18(9-7-17)27-21(31)16-34-25-28-22-19-4-1-2-5-20(19)35-23(22)24(32)30(25)11-3-10-29-12-14-33-15-13-29/h1-2,4-9H,3,10-16H2,(H,27,31). The Morgan fingerprint density at radius 1 is 1.11 bits per heavy atom. The molecule has 5 rings (SSSR count). The minimum atomic E-state index is -0.362. The molecule has 1 aliphatic rings. The predicted molar refractivity (Wildman–Crippen MR) is 139 cm³/mol. The number of halogens is 1. The minimum absolute atomic E-state index is 0.0698. The fourth-order valence-corrected chi connectivity index (χ4v) is 6.01. The maximum absolute atomic E-state index is 13.5. The lowest BCUT2D eigenvalue weighted by atomic mass is 10.2. The van der Waals surface area contributed by atoms with Crippen LogP contribution in [-0.2, 0) is 16.1 Å². The first-order valence-electron chi connectivity index (χ1n) is 11.5. The molecule has 2 aromatic carbocycles. The summed E-state index contributed by atoms with van der Waals surface area (Å²) in [5.74, 6) is -0.522. The Hall–Kier alpha value is -2.79. The molecule has 0 bridgehead atoms. The molecule has 1 saturated heterocycles. The van der Waals surface area contributed by atoms with Crippen molar-refractivity contribution in [1.29, 1.82) is 0 Å². The van der Waals surface area contributed by atoms with Crippen molar-refractivity contribution in [2.24, 2.45) is 0 Å². The molecule has 0 aliphatic carbocycles. The van der Waals surface area contributed by atoms with E-state index in [4.69, 9.17) is 9.72 Å². The number of hydrogen-bond acceptors (Lipinski definition) is 7. The average Bonchev–Trinajstić information content (AvgIpc) is 3.25. The van der Waals surface area contributed by atoms with Crippen molar-refractivity contribution < 1.29 is 13.9 Å². The maximum Gasteiger partial charge on any atom is 0.272 e. The van der Waals surface area contributed by atoms with E-state index in [1.165, 1.54) is 47.4 Å². The molecule has 1 aliphatic heterocycles. The third-order valence-corrected chi connectivity index (χ3v) is 7.99. The van der Waals surface area contributed by atoms with Gasteiger partial charge >= 0.3 is 0 Å². The Kier molecular flexibility index (Phi) is 7.43. The number of thioether (sulfide) groups is 1. The third kappa shape index (κ3) is 5.56. The summed E-state index contributed by atoms with van der Waals surface area (Å²) in [4.78, 5) is 33.3. The number of aromatic nitrogens is 2. The number of thiophene rings is 1. The number of ether oxygens (including phenoxy) is 1. The molecule has 3 heterocycles. The Balaban J connectivity index is 1.38. The summed E-state index contributed by atoms with van der Waals surface area (Å²) < 4.78 is 21.9. The molecule has 0 saturated carbocycles. The Morgan fingerprint density at radius 3 is 2.69 bits per heavy atom. The molecule has 0 atom stereocenters. The molecule has 10 heteroatoms. The first-order valence-corrected chi connectivity index (χ1v) is 13.3. The van der Waals surface area contributed by atoms with E-state index in [0.29, 0.717) is 27.6 Å². The largest absolute Gasteiger partial charge is 0.379 e. The molecule has 4 aromatic rings. The lowest BCUT2D eigenvalue weighted by Gasteiger charge is -2.26. The van der Waals surface area contributed by atoms with E-state index in [-0.39, 0.29) is 23.0 Å². The van der Waals surface area contributed by atoms with Gasteiger partial charge in [-0.2, -0.15) is 0 Å². The highest BCUT2D eigenvalue weighted by Crippen LogP contribution is 2.31. The number of hydrogen-bond donors (Lipinski definition) is 1. The van der Waals surface area contributed by atoms with Crippen LogP contribution in [0.4, 0.5) is 10.1 Å². The molecule has 0 unspecified atom stereocenters. The summed E-state index contributed by atoms with van der Waals surface area (Å²) in [5, 5.41) is 4.24. The van der Waals surface area contributed by atoms with Crippen molar-refractivity contribution in [2.45, 2.75) is 18.1 Å². The number of nitrogens with one attached hydrogen (secondary N) is 1. The van der Waals surface area contributed by atoms with Crippen molar-refractivity contribution in [3.63, 3.8) is 0 Å². The Bertz CT molecular complexity index is 1400. The van der Waals surface area contributed by atoms with E-state index in [1.807, 2.05) is 24.3 Å². The van der Waals surface area contributed by atoms with Gasteiger partial charge in [0.1, 0.15) is 10.5 Å². The second kappa shape index (κ2) is 10.9. The monoisotopic (exact) mass is 512 g/mol. The lowest BCUT2D eigenvalue weighted by molar-refractivity contribution is -0.113. The number of morpholine rings is 1. The van der Waals surface area contributed by atoms with Crippen LogP contribution in [0.1, 0.15) is 6.42 Å². The minimum Gasteiger partial charge on any atom is -0.379 e. The summed E-state index contributed by atoms with van der Waals surface area (Å²) in [5.41, 5.74) is 1.13. The number of amides is 1. The predicted octanol–water partition coefficient (Wildman–Crippen LogP) is 4.20. The van der Waals surface area contributed by atoms with Crippen molar-refractivity contribution in [3.05, 3.63) is 64.7 Å². The van der Waals surface area contributed by atoms with E-state index in [0.717, 1.165) is 49.4 Å². The summed E-state index contributed by atoms with van der Waals surface area (Å²) in [6.07, 6.45) is 0.799. The van der Waals surface area contributed by atoms with Gasteiger partial charge in [0.15, 0.2) is 5.16 Å². The van der Waals surface area contributed by atoms with E-state index in [1.54, 1.807) is 4.57 Å². The van der Waals surface area contributed by atoms with E-state index < -0.39 is 0 Å². The first kappa shape index (κ1) is 23.9. The van der Waals surface area contributed by atoms with Gasteiger partial charge in [-0.3, -0.25) is 19.1 Å². The van der Waals surface area contributed by atoms with E-state index in [9.17, 15) is 14.0 Å². The molecule has 7 nitrogen and oxygen atoms in total. The molecule has 2 aromatic heterocycles. The highest BCUT2D eigenvalue weighted by atomic mass is 32.2. The van der Waals surface area contributed by atoms with Gasteiger partial charge in [0.05, 0.1) is 24.5 Å². The third-order valence-electron chi connectivity index (χ3n) is 5.87. The molecule has 1 N–H and O–H groups in total. The van der Waals surface area contributed by atoms with Crippen LogP contribution in [0.2, 0.25) is 0 Å². The fraction of sp³-hybridized carbons (Fsp3) is 0.320. The number of carbonyl (C=O) groups is 1. The van der Waals surface area contributed by atoms with Gasteiger partial charge in [-0.1, -0.05) is 30.0 Å². The molecule has 35 heavy (non-hydrogen) atoms. The van der Waals surface area contributed by atoms with E-state index >= 15 is 0 Å². The number of benzene rings is 2. The number of carbonyl (C=O) groups excluding carboxylic acids is 1. The Morgan fingerprint density at radius 2 is 1.89 bits per heavy atom. The van der Waals surface area contributed by atoms with Crippen LogP contribution in [0.5, 0.6) is 0 Å². The molecular formula is C25H25FN4O3S2. The molecule has 1 amide bonds. The zero-order chi connectivity index (χ0) is 24.2. The summed E-state index contributed by atoms with van der Waals surface area (Å²) in [6, 6.07) is 13.5. The maximum atomic E-state index is 13.5. The molecule has 0 radical (unpaired) electrons. The van der Waals surface area contributed by atoms with Gasteiger partial charge in [0, 0.05) is 42.0 Å². The van der Waals surface area contributed by atoms with Gasteiger partial charge in [-0.25, -0.2) is 9.37 Å². The van der Waals surface area contributed by atoms with Crippen LogP contribution in [0.3, 0.4) is 0 Å². The van der Waals surface area contributed by atoms with Gasteiger partial charge in [-0.05, 0) is 36.8 Å². The zero-order valence-corrected chi connectivity index (χ0v) is 20.7. The van der Waals surface area contributed by atoms with Gasteiger partial charge in [-0.15, -0.1) is 11.3 Å². The molecule has 0 spiro atoms. The normalized spacial score (nSPS) is 14.5. The highest BCUT2D eigenvalue weighted by Gasteiger charge is 2.18. The van der Waals surface area contributed by atoms with Crippen molar-refractivity contribution >= 4 is 55.0 Å². The highest BCUT2D eigenvalue weighted by molar-refractivity contribution is 7.99. The SMILES string of the molecule is O=C(CSc1nc2c(sc3ccccc32)c(=O)n1CCCN1CCOCC1)Nc1ccc(F)cc1. The van der Waals surface area contributed by atoms with Gasteiger partial charge in [0.2, 0.25) is 5.91 Å². The van der Waals surface area contributed by atoms with Gasteiger partial charge < -0.3 is 10.1 Å².